The van der Waals surface area contributed by atoms with Crippen LogP contribution in [-0.4, -0.2) is 36.1 Å². The molecule has 0 saturated carbocycles. The third-order valence-electron chi connectivity index (χ3n) is 2.75. The summed E-state index contributed by atoms with van der Waals surface area (Å²) >= 11 is 0. The van der Waals surface area contributed by atoms with E-state index < -0.39 is 0 Å². The fraction of sp³-hybridized carbons (Fsp3) is 0.286. The second kappa shape index (κ2) is 6.03. The molecule has 0 aromatic heterocycles. The molecule has 0 spiro atoms. The number of amides is 2. The summed E-state index contributed by atoms with van der Waals surface area (Å²) in [5.41, 5.74) is 1.16. The van der Waals surface area contributed by atoms with Crippen LogP contribution in [0.15, 0.2) is 24.3 Å². The van der Waals surface area contributed by atoms with Gasteiger partial charge in [0.1, 0.15) is 6.61 Å². The lowest BCUT2D eigenvalue weighted by atomic mass is 10.1. The van der Waals surface area contributed by atoms with Crippen molar-refractivity contribution in [2.75, 3.05) is 13.2 Å². The molecule has 1 saturated heterocycles. The summed E-state index contributed by atoms with van der Waals surface area (Å²) in [6, 6.07) is 6.67. The van der Waals surface area contributed by atoms with Gasteiger partial charge in [0.2, 0.25) is 5.91 Å². The van der Waals surface area contributed by atoms with E-state index in [9.17, 15) is 9.59 Å². The number of aliphatic hydroxyl groups is 1. The van der Waals surface area contributed by atoms with Gasteiger partial charge < -0.3 is 15.7 Å². The molecule has 5 nitrogen and oxygen atoms in total. The molecule has 0 radical (unpaired) electrons. The molecule has 98 valence electrons. The fourth-order valence-electron chi connectivity index (χ4n) is 1.86. The summed E-state index contributed by atoms with van der Waals surface area (Å²) in [5, 5.41) is 14.1. The van der Waals surface area contributed by atoms with Crippen LogP contribution in [0.4, 0.5) is 0 Å². The third kappa shape index (κ3) is 3.57. The first kappa shape index (κ1) is 13.1. The molecular formula is C14H14N2O3. The van der Waals surface area contributed by atoms with Crippen molar-refractivity contribution >= 4 is 11.8 Å². The molecule has 0 aliphatic carbocycles. The number of hydrogen-bond acceptors (Lipinski definition) is 3. The van der Waals surface area contributed by atoms with Crippen molar-refractivity contribution in [3.63, 3.8) is 0 Å². The van der Waals surface area contributed by atoms with Gasteiger partial charge >= 0.3 is 0 Å². The first-order chi connectivity index (χ1) is 9.19. The minimum Gasteiger partial charge on any atom is -0.384 e. The molecule has 1 fully saturated rings. The highest BCUT2D eigenvalue weighted by molar-refractivity contribution is 5.95. The van der Waals surface area contributed by atoms with Gasteiger partial charge in [-0.1, -0.05) is 17.9 Å². The highest BCUT2D eigenvalue weighted by Crippen LogP contribution is 2.06. The molecule has 5 heteroatoms. The molecule has 1 aliphatic rings. The maximum atomic E-state index is 12.0. The molecule has 2 amide bonds. The van der Waals surface area contributed by atoms with Crippen molar-refractivity contribution in [2.24, 2.45) is 0 Å². The Morgan fingerprint density at radius 3 is 3.05 bits per heavy atom. The molecule has 2 rings (SSSR count). The summed E-state index contributed by atoms with van der Waals surface area (Å²) in [6.07, 6.45) is 0.315. The number of benzene rings is 1. The molecule has 0 bridgehead atoms. The van der Waals surface area contributed by atoms with Crippen LogP contribution in [0.3, 0.4) is 0 Å². The van der Waals surface area contributed by atoms with Gasteiger partial charge in [0.15, 0.2) is 0 Å². The molecule has 1 aliphatic heterocycles. The zero-order chi connectivity index (χ0) is 13.7. The first-order valence-electron chi connectivity index (χ1n) is 5.96. The molecule has 1 heterocycles. The zero-order valence-electron chi connectivity index (χ0n) is 10.3. The predicted molar refractivity (Wildman–Crippen MR) is 69.3 cm³/mol. The Morgan fingerprint density at radius 2 is 2.37 bits per heavy atom. The van der Waals surface area contributed by atoms with E-state index in [0.717, 1.165) is 0 Å². The van der Waals surface area contributed by atoms with Crippen LogP contribution in [0.2, 0.25) is 0 Å². The van der Waals surface area contributed by atoms with Crippen LogP contribution in [0, 0.1) is 11.8 Å². The number of rotatable bonds is 2. The van der Waals surface area contributed by atoms with E-state index in [0.29, 0.717) is 24.1 Å². The molecule has 1 aromatic rings. The molecular weight excluding hydrogens is 244 g/mol. The second-order valence-corrected chi connectivity index (χ2v) is 4.22. The zero-order valence-corrected chi connectivity index (χ0v) is 10.3. The number of hydrogen-bond donors (Lipinski definition) is 3. The Kier molecular flexibility index (Phi) is 4.16. The Balaban J connectivity index is 2.04. The maximum absolute atomic E-state index is 12.0. The van der Waals surface area contributed by atoms with E-state index in [-0.39, 0.29) is 24.5 Å². The molecule has 1 unspecified atom stereocenters. The van der Waals surface area contributed by atoms with Gasteiger partial charge in [0, 0.05) is 24.1 Å². The maximum Gasteiger partial charge on any atom is 0.251 e. The number of nitrogens with one attached hydrogen (secondary N) is 2. The average molecular weight is 258 g/mol. The summed E-state index contributed by atoms with van der Waals surface area (Å²) in [5.74, 6) is 5.00. The average Bonchev–Trinajstić information content (AvgIpc) is 2.82. The molecule has 19 heavy (non-hydrogen) atoms. The minimum absolute atomic E-state index is 0.0483. The quantitative estimate of drug-likeness (QED) is 0.634. The van der Waals surface area contributed by atoms with Crippen molar-refractivity contribution in [3.05, 3.63) is 35.4 Å². The number of carbonyl (C=O) groups excluding carboxylic acids is 2. The Labute approximate surface area is 111 Å². The molecule has 3 N–H and O–H groups in total. The summed E-state index contributed by atoms with van der Waals surface area (Å²) in [4.78, 5) is 23.0. The highest BCUT2D eigenvalue weighted by Gasteiger charge is 2.23. The van der Waals surface area contributed by atoms with Gasteiger partial charge in [-0.2, -0.15) is 0 Å². The van der Waals surface area contributed by atoms with Crippen molar-refractivity contribution in [3.8, 4) is 11.8 Å². The van der Waals surface area contributed by atoms with Crippen LogP contribution >= 0.6 is 0 Å². The van der Waals surface area contributed by atoms with Crippen molar-refractivity contribution in [1.82, 2.24) is 10.6 Å². The smallest absolute Gasteiger partial charge is 0.251 e. The van der Waals surface area contributed by atoms with Gasteiger partial charge in [-0.15, -0.1) is 0 Å². The van der Waals surface area contributed by atoms with Crippen molar-refractivity contribution < 1.29 is 14.7 Å². The normalized spacial score (nSPS) is 17.3. The molecule has 1 atom stereocenters. The summed E-state index contributed by atoms with van der Waals surface area (Å²) in [7, 11) is 0. The van der Waals surface area contributed by atoms with E-state index in [1.807, 2.05) is 0 Å². The van der Waals surface area contributed by atoms with E-state index in [1.165, 1.54) is 0 Å². The lowest BCUT2D eigenvalue weighted by Crippen LogP contribution is -2.36. The Bertz CT molecular complexity index is 557. The minimum atomic E-state index is -0.228. The second-order valence-electron chi connectivity index (χ2n) is 4.22. The van der Waals surface area contributed by atoms with Gasteiger partial charge in [-0.3, -0.25) is 9.59 Å². The van der Waals surface area contributed by atoms with Crippen molar-refractivity contribution in [1.29, 1.82) is 0 Å². The van der Waals surface area contributed by atoms with Crippen LogP contribution < -0.4 is 10.6 Å². The van der Waals surface area contributed by atoms with Gasteiger partial charge in [0.05, 0.1) is 6.04 Å². The van der Waals surface area contributed by atoms with E-state index >= 15 is 0 Å². The van der Waals surface area contributed by atoms with E-state index in [1.54, 1.807) is 24.3 Å². The standard InChI is InChI=1S/C14H14N2O3/c17-6-2-4-10-3-1-5-11(7-10)14(19)16-12-8-13(18)15-9-12/h1,3,5,7,12,17H,6,8-9H2,(H,15,18)(H,16,19). The summed E-state index contributed by atoms with van der Waals surface area (Å²) in [6.45, 7) is 0.251. The number of carbonyl (C=O) groups is 2. The highest BCUT2D eigenvalue weighted by atomic mass is 16.2. The van der Waals surface area contributed by atoms with Crippen LogP contribution in [-0.2, 0) is 4.79 Å². The fourth-order valence-corrected chi connectivity index (χ4v) is 1.86. The lowest BCUT2D eigenvalue weighted by Gasteiger charge is -2.10. The topological polar surface area (TPSA) is 78.4 Å². The first-order valence-corrected chi connectivity index (χ1v) is 5.96. The van der Waals surface area contributed by atoms with E-state index in [4.69, 9.17) is 5.11 Å². The Hall–Kier alpha value is -2.32. The van der Waals surface area contributed by atoms with Gasteiger partial charge in [-0.25, -0.2) is 0 Å². The monoisotopic (exact) mass is 258 g/mol. The number of aliphatic hydroxyl groups excluding tert-OH is 1. The Morgan fingerprint density at radius 1 is 1.53 bits per heavy atom. The summed E-state index contributed by atoms with van der Waals surface area (Å²) < 4.78 is 0. The van der Waals surface area contributed by atoms with E-state index in [2.05, 4.69) is 22.5 Å². The van der Waals surface area contributed by atoms with Gasteiger partial charge in [0.25, 0.3) is 5.91 Å². The predicted octanol–water partition coefficient (Wildman–Crippen LogP) is -0.351. The van der Waals surface area contributed by atoms with Gasteiger partial charge in [-0.05, 0) is 18.2 Å². The SMILES string of the molecule is O=C1CC(NC(=O)c2cccc(C#CCO)c2)CN1. The largest absolute Gasteiger partial charge is 0.384 e. The molecule has 1 aromatic carbocycles. The van der Waals surface area contributed by atoms with Crippen LogP contribution in [0.25, 0.3) is 0 Å². The van der Waals surface area contributed by atoms with Crippen LogP contribution in [0.1, 0.15) is 22.3 Å². The van der Waals surface area contributed by atoms with Crippen molar-refractivity contribution in [2.45, 2.75) is 12.5 Å². The van der Waals surface area contributed by atoms with Crippen LogP contribution in [0.5, 0.6) is 0 Å². The third-order valence-corrected chi connectivity index (χ3v) is 2.75. The lowest BCUT2D eigenvalue weighted by molar-refractivity contribution is -0.119.